The van der Waals surface area contributed by atoms with Crippen molar-refractivity contribution in [2.24, 2.45) is 0 Å². The molecule has 0 spiro atoms. The van der Waals surface area contributed by atoms with Gasteiger partial charge < -0.3 is 0 Å². The maximum atomic E-state index is 3.68. The Morgan fingerprint density at radius 3 is 2.60 bits per heavy atom. The Labute approximate surface area is 139 Å². The molecule has 2 aliphatic carbocycles. The fourth-order valence-corrected chi connectivity index (χ4v) is 3.19. The van der Waals surface area contributed by atoms with Gasteiger partial charge >= 0.3 is 0 Å². The average Bonchev–Trinajstić information content (AvgIpc) is 3.04. The van der Waals surface area contributed by atoms with Gasteiger partial charge in [-0.05, 0) is 12.3 Å². The third-order valence-electron chi connectivity index (χ3n) is 4.15. The van der Waals surface area contributed by atoms with Crippen molar-refractivity contribution < 1.29 is 26.2 Å². The van der Waals surface area contributed by atoms with Crippen LogP contribution in [0.1, 0.15) is 28.2 Å². The summed E-state index contributed by atoms with van der Waals surface area (Å²) in [4.78, 5) is 0. The van der Waals surface area contributed by atoms with Crippen LogP contribution in [0.5, 0.6) is 0 Å². The molecule has 0 nitrogen and oxygen atoms in total. The molecular weight excluding hydrogens is 319 g/mol. The molecule has 0 radical (unpaired) electrons. The van der Waals surface area contributed by atoms with Crippen LogP contribution >= 0.6 is 0 Å². The fraction of sp³-hybridized carbons (Fsp3) is 0.158. The normalized spacial score (nSPS) is 15.1. The Bertz CT molecular complexity index is 711. The summed E-state index contributed by atoms with van der Waals surface area (Å²) < 4.78 is 0. The van der Waals surface area contributed by atoms with Crippen molar-refractivity contribution in [2.45, 2.75) is 19.3 Å². The zero-order chi connectivity index (χ0) is 12.8. The first kappa shape index (κ1) is 13.8. The third-order valence-corrected chi connectivity index (χ3v) is 4.15. The minimum absolute atomic E-state index is 0. The molecule has 2 aromatic carbocycles. The van der Waals surface area contributed by atoms with Gasteiger partial charge in [0.25, 0.3) is 0 Å². The van der Waals surface area contributed by atoms with Crippen molar-refractivity contribution in [3.63, 3.8) is 0 Å². The van der Waals surface area contributed by atoms with Crippen LogP contribution in [-0.4, -0.2) is 0 Å². The van der Waals surface area contributed by atoms with Gasteiger partial charge in [0.2, 0.25) is 0 Å². The summed E-state index contributed by atoms with van der Waals surface area (Å²) in [6, 6.07) is 14.7. The molecule has 0 fully saturated rings. The molecule has 0 saturated carbocycles. The van der Waals surface area contributed by atoms with E-state index in [4.69, 9.17) is 0 Å². The molecule has 0 heterocycles. The molecule has 0 atom stereocenters. The molecule has 20 heavy (non-hydrogen) atoms. The van der Waals surface area contributed by atoms with Crippen molar-refractivity contribution in [2.75, 3.05) is 0 Å². The molecule has 0 saturated heterocycles. The van der Waals surface area contributed by atoms with E-state index < -0.39 is 0 Å². The molecule has 0 unspecified atom stereocenters. The molecule has 1 heteroatoms. The van der Waals surface area contributed by atoms with Gasteiger partial charge in [0.15, 0.2) is 0 Å². The van der Waals surface area contributed by atoms with Crippen molar-refractivity contribution >= 4 is 0 Å². The quantitative estimate of drug-likeness (QED) is 0.572. The number of benzene rings is 2. The Hall–Kier alpha value is -1.20. The average molecular weight is 335 g/mol. The van der Waals surface area contributed by atoms with Crippen molar-refractivity contribution in [3.05, 3.63) is 83.0 Å². The molecular formula is C19H15Zr-. The van der Waals surface area contributed by atoms with Crippen LogP contribution in [0.25, 0.3) is 11.1 Å². The van der Waals surface area contributed by atoms with Gasteiger partial charge in [0.05, 0.1) is 0 Å². The number of aryl methyl sites for hydroxylation is 1. The monoisotopic (exact) mass is 333 g/mol. The smallest absolute Gasteiger partial charge is 0 e. The minimum Gasteiger partial charge on any atom is -0.175 e. The van der Waals surface area contributed by atoms with Crippen LogP contribution < -0.4 is 0 Å². The van der Waals surface area contributed by atoms with E-state index >= 15 is 0 Å². The standard InChI is InChI=1S/C19H15.Zr/c1-13-10-19-16(11-15-8-4-5-9-17(15)19)12-18(13)14-6-2-3-7-14;/h2-10,14H,11H2,1H3;/q-1;. The molecule has 4 rings (SSSR count). The number of hydrogen-bond donors (Lipinski definition) is 0. The Kier molecular flexibility index (Phi) is 3.65. The van der Waals surface area contributed by atoms with Gasteiger partial charge in [-0.3, -0.25) is 0 Å². The zero-order valence-corrected chi connectivity index (χ0v) is 13.9. The van der Waals surface area contributed by atoms with E-state index in [0.29, 0.717) is 5.92 Å². The maximum Gasteiger partial charge on any atom is 0 e. The summed E-state index contributed by atoms with van der Waals surface area (Å²) in [5.74, 6) is 0.411. The summed E-state index contributed by atoms with van der Waals surface area (Å²) in [6.45, 7) is 2.20. The van der Waals surface area contributed by atoms with Crippen molar-refractivity contribution in [1.29, 1.82) is 0 Å². The summed E-state index contributed by atoms with van der Waals surface area (Å²) >= 11 is 0. The van der Waals surface area contributed by atoms with Gasteiger partial charge in [-0.2, -0.15) is 17.7 Å². The number of rotatable bonds is 1. The van der Waals surface area contributed by atoms with Gasteiger partial charge in [-0.15, -0.1) is 16.7 Å². The largest absolute Gasteiger partial charge is 0.175 e. The van der Waals surface area contributed by atoms with Gasteiger partial charge in [0.1, 0.15) is 0 Å². The first-order valence-corrected chi connectivity index (χ1v) is 6.82. The molecule has 2 aliphatic rings. The van der Waals surface area contributed by atoms with Crippen LogP contribution in [0.15, 0.2) is 54.6 Å². The molecule has 96 valence electrons. The number of allylic oxidation sites excluding steroid dienone is 4. The Morgan fingerprint density at radius 2 is 1.80 bits per heavy atom. The minimum atomic E-state index is 0. The van der Waals surface area contributed by atoms with E-state index in [0.717, 1.165) is 6.42 Å². The SMILES string of the molecule is Cc1cc2c([c-]c1C1C=CC=C1)Cc1ccccc1-2.[Zr]. The van der Waals surface area contributed by atoms with Crippen LogP contribution in [0.2, 0.25) is 0 Å². The number of hydrogen-bond acceptors (Lipinski definition) is 0. The molecule has 0 amide bonds. The van der Waals surface area contributed by atoms with Gasteiger partial charge in [-0.25, -0.2) is 0 Å². The summed E-state index contributed by atoms with van der Waals surface area (Å²) in [5.41, 5.74) is 8.23. The van der Waals surface area contributed by atoms with Crippen LogP contribution in [0, 0.1) is 13.0 Å². The van der Waals surface area contributed by atoms with E-state index in [2.05, 4.69) is 67.6 Å². The van der Waals surface area contributed by atoms with Crippen molar-refractivity contribution in [1.82, 2.24) is 0 Å². The predicted octanol–water partition coefficient (Wildman–Crippen LogP) is 4.57. The molecule has 0 aliphatic heterocycles. The van der Waals surface area contributed by atoms with Gasteiger partial charge in [-0.1, -0.05) is 66.6 Å². The van der Waals surface area contributed by atoms with Crippen LogP contribution in [-0.2, 0) is 32.6 Å². The molecule has 0 aromatic heterocycles. The van der Waals surface area contributed by atoms with E-state index in [1.165, 1.54) is 33.4 Å². The Balaban J connectivity index is 0.00000121. The first-order valence-electron chi connectivity index (χ1n) is 6.82. The van der Waals surface area contributed by atoms with E-state index in [-0.39, 0.29) is 26.2 Å². The fourth-order valence-electron chi connectivity index (χ4n) is 3.19. The van der Waals surface area contributed by atoms with Crippen LogP contribution in [0.3, 0.4) is 0 Å². The van der Waals surface area contributed by atoms with E-state index in [1.807, 2.05) is 0 Å². The number of fused-ring (bicyclic) bond motifs is 3. The topological polar surface area (TPSA) is 0 Å². The maximum absolute atomic E-state index is 3.68. The van der Waals surface area contributed by atoms with E-state index in [9.17, 15) is 0 Å². The summed E-state index contributed by atoms with van der Waals surface area (Å²) in [6.07, 6.45) is 9.76. The predicted molar refractivity (Wildman–Crippen MR) is 79.3 cm³/mol. The van der Waals surface area contributed by atoms with Crippen LogP contribution in [0.4, 0.5) is 0 Å². The van der Waals surface area contributed by atoms with Gasteiger partial charge in [0, 0.05) is 26.2 Å². The molecule has 0 N–H and O–H groups in total. The third kappa shape index (κ3) is 2.09. The summed E-state index contributed by atoms with van der Waals surface area (Å²) in [5, 5.41) is 0. The first-order chi connectivity index (χ1) is 9.33. The van der Waals surface area contributed by atoms with Crippen molar-refractivity contribution in [3.8, 4) is 11.1 Å². The second kappa shape index (κ2) is 5.30. The summed E-state index contributed by atoms with van der Waals surface area (Å²) in [7, 11) is 0. The molecule has 2 aromatic rings. The second-order valence-corrected chi connectivity index (χ2v) is 5.39. The molecule has 0 bridgehead atoms. The Morgan fingerprint density at radius 1 is 1.05 bits per heavy atom. The zero-order valence-electron chi connectivity index (χ0n) is 11.5. The second-order valence-electron chi connectivity index (χ2n) is 5.39. The van der Waals surface area contributed by atoms with E-state index in [1.54, 1.807) is 0 Å².